The van der Waals surface area contributed by atoms with Crippen molar-refractivity contribution in [2.24, 2.45) is 0 Å². The summed E-state index contributed by atoms with van der Waals surface area (Å²) in [5.41, 5.74) is 4.34. The molecule has 1 unspecified atom stereocenters. The van der Waals surface area contributed by atoms with E-state index in [0.717, 1.165) is 17.7 Å². The minimum Gasteiger partial charge on any atom is -0.467 e. The highest BCUT2D eigenvalue weighted by Crippen LogP contribution is 2.33. The van der Waals surface area contributed by atoms with E-state index in [0.29, 0.717) is 24.7 Å². The average Bonchev–Trinajstić information content (AvgIpc) is 3.27. The summed E-state index contributed by atoms with van der Waals surface area (Å²) < 4.78 is 5.72. The molecule has 1 amide bonds. The maximum absolute atomic E-state index is 13.0. The van der Waals surface area contributed by atoms with Gasteiger partial charge in [-0.2, -0.15) is 0 Å². The molecule has 1 aliphatic rings. The third kappa shape index (κ3) is 3.47. The minimum atomic E-state index is -0.0114. The molecule has 1 aromatic heterocycles. The summed E-state index contributed by atoms with van der Waals surface area (Å²) in [4.78, 5) is 17.0. The first-order valence-electron chi connectivity index (χ1n) is 9.34. The Balaban J connectivity index is 1.52. The van der Waals surface area contributed by atoms with Crippen LogP contribution in [-0.4, -0.2) is 23.9 Å². The number of carbonyl (C=O) groups excluding carboxylic acids is 1. The molecule has 0 bridgehead atoms. The van der Waals surface area contributed by atoms with Crippen molar-refractivity contribution < 1.29 is 9.21 Å². The highest BCUT2D eigenvalue weighted by Gasteiger charge is 2.28. The molecular formula is C23H24N2O2. The fraction of sp³-hybridized carbons (Fsp3) is 0.261. The van der Waals surface area contributed by atoms with Crippen LogP contribution in [0.5, 0.6) is 0 Å². The molecule has 2 heterocycles. The zero-order valence-corrected chi connectivity index (χ0v) is 15.8. The lowest BCUT2D eigenvalue weighted by Gasteiger charge is -2.24. The Morgan fingerprint density at radius 1 is 1.11 bits per heavy atom. The van der Waals surface area contributed by atoms with E-state index in [2.05, 4.69) is 36.1 Å². The zero-order valence-electron chi connectivity index (χ0n) is 15.8. The van der Waals surface area contributed by atoms with Crippen LogP contribution >= 0.6 is 0 Å². The fourth-order valence-electron chi connectivity index (χ4n) is 3.81. The van der Waals surface area contributed by atoms with Gasteiger partial charge >= 0.3 is 0 Å². The molecule has 1 atom stereocenters. The molecule has 0 spiro atoms. The molecule has 3 aromatic rings. The van der Waals surface area contributed by atoms with Gasteiger partial charge in [0.1, 0.15) is 5.76 Å². The number of amides is 1. The first-order valence-corrected chi connectivity index (χ1v) is 9.34. The fourth-order valence-corrected chi connectivity index (χ4v) is 3.81. The van der Waals surface area contributed by atoms with Gasteiger partial charge in [-0.1, -0.05) is 48.5 Å². The number of nitrogens with zero attached hydrogens (tertiary/aromatic N) is 2. The van der Waals surface area contributed by atoms with Crippen LogP contribution in [0.4, 0.5) is 5.69 Å². The molecule has 0 saturated carbocycles. The van der Waals surface area contributed by atoms with E-state index in [9.17, 15) is 4.79 Å². The van der Waals surface area contributed by atoms with E-state index in [4.69, 9.17) is 4.42 Å². The van der Waals surface area contributed by atoms with E-state index < -0.39 is 0 Å². The molecule has 1 aliphatic heterocycles. The largest absolute Gasteiger partial charge is 0.467 e. The van der Waals surface area contributed by atoms with Crippen molar-refractivity contribution in [1.29, 1.82) is 0 Å². The van der Waals surface area contributed by atoms with Gasteiger partial charge in [0.25, 0.3) is 5.91 Å². The Morgan fingerprint density at radius 3 is 2.67 bits per heavy atom. The van der Waals surface area contributed by atoms with Gasteiger partial charge in [0, 0.05) is 25.3 Å². The number of furan rings is 1. The van der Waals surface area contributed by atoms with Crippen molar-refractivity contribution in [3.63, 3.8) is 0 Å². The predicted octanol–water partition coefficient (Wildman–Crippen LogP) is 4.50. The number of hydrogen-bond donors (Lipinski definition) is 0. The number of carbonyl (C=O) groups is 1. The van der Waals surface area contributed by atoms with Gasteiger partial charge in [-0.15, -0.1) is 0 Å². The number of para-hydroxylation sites is 1. The lowest BCUT2D eigenvalue weighted by molar-refractivity contribution is 0.0782. The van der Waals surface area contributed by atoms with Gasteiger partial charge in [0.2, 0.25) is 0 Å². The van der Waals surface area contributed by atoms with E-state index >= 15 is 0 Å². The molecule has 27 heavy (non-hydrogen) atoms. The molecular weight excluding hydrogens is 336 g/mol. The van der Waals surface area contributed by atoms with Crippen LogP contribution in [0.15, 0.2) is 71.3 Å². The maximum Gasteiger partial charge on any atom is 0.257 e. The van der Waals surface area contributed by atoms with E-state index in [-0.39, 0.29) is 5.91 Å². The topological polar surface area (TPSA) is 36.7 Å². The maximum atomic E-state index is 13.0. The quantitative estimate of drug-likeness (QED) is 0.672. The number of fused-ring (bicyclic) bond motifs is 1. The third-order valence-corrected chi connectivity index (χ3v) is 5.25. The Hall–Kier alpha value is -3.01. The van der Waals surface area contributed by atoms with Crippen LogP contribution < -0.4 is 4.90 Å². The van der Waals surface area contributed by atoms with Gasteiger partial charge in [-0.05, 0) is 36.6 Å². The summed E-state index contributed by atoms with van der Waals surface area (Å²) in [6.07, 6.45) is 2.64. The van der Waals surface area contributed by atoms with Crippen molar-refractivity contribution in [2.45, 2.75) is 32.5 Å². The van der Waals surface area contributed by atoms with Crippen LogP contribution in [0.3, 0.4) is 0 Å². The molecule has 0 radical (unpaired) electrons. The lowest BCUT2D eigenvalue weighted by Crippen LogP contribution is -2.31. The van der Waals surface area contributed by atoms with Gasteiger partial charge in [-0.3, -0.25) is 4.79 Å². The number of hydrogen-bond acceptors (Lipinski definition) is 3. The zero-order chi connectivity index (χ0) is 18.8. The van der Waals surface area contributed by atoms with Gasteiger partial charge in [0.05, 0.1) is 18.4 Å². The van der Waals surface area contributed by atoms with Crippen molar-refractivity contribution in [3.8, 4) is 0 Å². The molecule has 138 valence electrons. The summed E-state index contributed by atoms with van der Waals surface area (Å²) in [7, 11) is 1.83. The predicted molar refractivity (Wildman–Crippen MR) is 107 cm³/mol. The third-order valence-electron chi connectivity index (χ3n) is 5.25. The molecule has 4 rings (SSSR count). The standard InChI is InChI=1S/C23H24N2O2/c1-17-14-19-10-6-7-11-21(19)25(17)16-22-20(12-13-27-22)23(26)24(2)15-18-8-4-3-5-9-18/h3-13,17H,14-16H2,1-2H3. The minimum absolute atomic E-state index is 0.0114. The van der Waals surface area contributed by atoms with E-state index in [1.54, 1.807) is 17.2 Å². The Kier molecular flexibility index (Phi) is 4.71. The first kappa shape index (κ1) is 17.4. The summed E-state index contributed by atoms with van der Waals surface area (Å²) >= 11 is 0. The molecule has 0 N–H and O–H groups in total. The van der Waals surface area contributed by atoms with Crippen molar-refractivity contribution in [2.75, 3.05) is 11.9 Å². The lowest BCUT2D eigenvalue weighted by atomic mass is 10.1. The average molecular weight is 360 g/mol. The van der Waals surface area contributed by atoms with Gasteiger partial charge in [-0.25, -0.2) is 0 Å². The summed E-state index contributed by atoms with van der Waals surface area (Å²) in [5.74, 6) is 0.714. The Morgan fingerprint density at radius 2 is 1.85 bits per heavy atom. The highest BCUT2D eigenvalue weighted by molar-refractivity contribution is 5.95. The summed E-state index contributed by atoms with van der Waals surface area (Å²) in [5, 5.41) is 0. The molecule has 2 aromatic carbocycles. The Labute approximate surface area is 160 Å². The van der Waals surface area contributed by atoms with Crippen LogP contribution in [0.2, 0.25) is 0 Å². The van der Waals surface area contributed by atoms with Crippen LogP contribution in [-0.2, 0) is 19.5 Å². The van der Waals surface area contributed by atoms with Crippen molar-refractivity contribution in [3.05, 3.63) is 89.4 Å². The van der Waals surface area contributed by atoms with Crippen molar-refractivity contribution >= 4 is 11.6 Å². The van der Waals surface area contributed by atoms with E-state index in [1.807, 2.05) is 37.4 Å². The van der Waals surface area contributed by atoms with E-state index in [1.165, 1.54) is 11.3 Å². The second-order valence-electron chi connectivity index (χ2n) is 7.21. The molecule has 4 heteroatoms. The molecule has 0 fully saturated rings. The highest BCUT2D eigenvalue weighted by atomic mass is 16.3. The Bertz CT molecular complexity index is 932. The normalized spacial score (nSPS) is 15.6. The number of benzene rings is 2. The van der Waals surface area contributed by atoms with Crippen molar-refractivity contribution in [1.82, 2.24) is 4.90 Å². The van der Waals surface area contributed by atoms with Gasteiger partial charge < -0.3 is 14.2 Å². The van der Waals surface area contributed by atoms with Crippen LogP contribution in [0.25, 0.3) is 0 Å². The monoisotopic (exact) mass is 360 g/mol. The SMILES string of the molecule is CC1Cc2ccccc2N1Cc1occc1C(=O)N(C)Cc1ccccc1. The summed E-state index contributed by atoms with van der Waals surface area (Å²) in [6.45, 7) is 3.39. The van der Waals surface area contributed by atoms with Gasteiger partial charge in [0.15, 0.2) is 0 Å². The smallest absolute Gasteiger partial charge is 0.257 e. The molecule has 0 saturated heterocycles. The summed E-state index contributed by atoms with van der Waals surface area (Å²) in [6, 6.07) is 20.6. The molecule has 0 aliphatic carbocycles. The van der Waals surface area contributed by atoms with Crippen LogP contribution in [0.1, 0.15) is 34.2 Å². The number of rotatable bonds is 5. The first-order chi connectivity index (χ1) is 13.1. The van der Waals surface area contributed by atoms with Crippen LogP contribution in [0, 0.1) is 0 Å². The molecule has 4 nitrogen and oxygen atoms in total. The second-order valence-corrected chi connectivity index (χ2v) is 7.21. The number of anilines is 1. The second kappa shape index (κ2) is 7.31.